The van der Waals surface area contributed by atoms with Crippen molar-refractivity contribution in [2.45, 2.75) is 20.3 Å². The first kappa shape index (κ1) is 11.6. The van der Waals surface area contributed by atoms with Crippen molar-refractivity contribution in [1.29, 1.82) is 0 Å². The number of nitrogens with one attached hydrogen (secondary N) is 1. The van der Waals surface area contributed by atoms with Crippen LogP contribution in [-0.2, 0) is 0 Å². The normalized spacial score (nSPS) is 10.6. The molecule has 78 valence electrons. The summed E-state index contributed by atoms with van der Waals surface area (Å²) < 4.78 is 0. The molecule has 4 heteroatoms. The third-order valence-corrected chi connectivity index (χ3v) is 2.32. The van der Waals surface area contributed by atoms with Crippen LogP contribution in [0.1, 0.15) is 20.3 Å². The standard InChI is InChI=1S/C10H14Cl2N2/c1-7(2)3-4-13-10-9(12)5-8(11)6-14-10/h5-7H,3-4H2,1-2H3,(H,13,14). The molecule has 0 aliphatic heterocycles. The lowest BCUT2D eigenvalue weighted by Gasteiger charge is -2.08. The second-order valence-electron chi connectivity index (χ2n) is 3.59. The highest BCUT2D eigenvalue weighted by atomic mass is 35.5. The van der Waals surface area contributed by atoms with Gasteiger partial charge in [-0.1, -0.05) is 37.0 Å². The van der Waals surface area contributed by atoms with Crippen LogP contribution in [0.4, 0.5) is 5.82 Å². The van der Waals surface area contributed by atoms with E-state index in [0.717, 1.165) is 13.0 Å². The summed E-state index contributed by atoms with van der Waals surface area (Å²) in [6.07, 6.45) is 2.69. The van der Waals surface area contributed by atoms with Gasteiger partial charge in [-0.15, -0.1) is 0 Å². The summed E-state index contributed by atoms with van der Waals surface area (Å²) in [6, 6.07) is 1.69. The SMILES string of the molecule is CC(C)CCNc1ncc(Cl)cc1Cl. The van der Waals surface area contributed by atoms with Gasteiger partial charge in [-0.25, -0.2) is 4.98 Å². The van der Waals surface area contributed by atoms with Crippen molar-refractivity contribution in [1.82, 2.24) is 4.98 Å². The Balaban J connectivity index is 2.51. The molecule has 0 fully saturated rings. The number of hydrogen-bond donors (Lipinski definition) is 1. The van der Waals surface area contributed by atoms with E-state index in [0.29, 0.717) is 21.8 Å². The Kier molecular flexibility index (Phi) is 4.49. The molecular weight excluding hydrogens is 219 g/mol. The molecule has 1 N–H and O–H groups in total. The highest BCUT2D eigenvalue weighted by Gasteiger charge is 2.02. The van der Waals surface area contributed by atoms with E-state index in [1.807, 2.05) is 0 Å². The van der Waals surface area contributed by atoms with E-state index < -0.39 is 0 Å². The van der Waals surface area contributed by atoms with Gasteiger partial charge in [-0.2, -0.15) is 0 Å². The molecule has 0 amide bonds. The lowest BCUT2D eigenvalue weighted by atomic mass is 10.1. The smallest absolute Gasteiger partial charge is 0.144 e. The molecule has 0 bridgehead atoms. The van der Waals surface area contributed by atoms with Gasteiger partial charge in [0.1, 0.15) is 5.82 Å². The molecule has 0 aromatic carbocycles. The molecular formula is C10H14Cl2N2. The van der Waals surface area contributed by atoms with Gasteiger partial charge in [0.05, 0.1) is 10.0 Å². The van der Waals surface area contributed by atoms with Crippen molar-refractivity contribution < 1.29 is 0 Å². The van der Waals surface area contributed by atoms with Crippen molar-refractivity contribution in [3.8, 4) is 0 Å². The molecule has 0 aliphatic rings. The Morgan fingerprint density at radius 1 is 1.43 bits per heavy atom. The quantitative estimate of drug-likeness (QED) is 0.854. The van der Waals surface area contributed by atoms with E-state index >= 15 is 0 Å². The number of nitrogens with zero attached hydrogens (tertiary/aromatic N) is 1. The molecule has 2 nitrogen and oxygen atoms in total. The van der Waals surface area contributed by atoms with E-state index in [1.165, 1.54) is 0 Å². The lowest BCUT2D eigenvalue weighted by Crippen LogP contribution is -2.06. The molecule has 0 saturated heterocycles. The molecule has 1 aromatic heterocycles. The predicted octanol–water partition coefficient (Wildman–Crippen LogP) is 3.85. The third-order valence-electron chi connectivity index (χ3n) is 1.82. The number of aromatic nitrogens is 1. The Bertz CT molecular complexity index is 300. The average molecular weight is 233 g/mol. The van der Waals surface area contributed by atoms with Crippen LogP contribution >= 0.6 is 23.2 Å². The van der Waals surface area contributed by atoms with Crippen LogP contribution in [0.15, 0.2) is 12.3 Å². The molecule has 1 rings (SSSR count). The fourth-order valence-corrected chi connectivity index (χ4v) is 1.47. The summed E-state index contributed by atoms with van der Waals surface area (Å²) in [5, 5.41) is 4.30. The third kappa shape index (κ3) is 3.72. The maximum Gasteiger partial charge on any atom is 0.144 e. The van der Waals surface area contributed by atoms with E-state index in [1.54, 1.807) is 12.3 Å². The zero-order valence-corrected chi connectivity index (χ0v) is 9.86. The largest absolute Gasteiger partial charge is 0.369 e. The molecule has 0 radical (unpaired) electrons. The van der Waals surface area contributed by atoms with Crippen LogP contribution in [0.25, 0.3) is 0 Å². The maximum atomic E-state index is 5.94. The van der Waals surface area contributed by atoms with Gasteiger partial charge in [-0.05, 0) is 18.4 Å². The second-order valence-corrected chi connectivity index (χ2v) is 4.44. The lowest BCUT2D eigenvalue weighted by molar-refractivity contribution is 0.606. The minimum absolute atomic E-state index is 0.560. The van der Waals surface area contributed by atoms with Gasteiger partial charge >= 0.3 is 0 Å². The van der Waals surface area contributed by atoms with E-state index in [2.05, 4.69) is 24.1 Å². The predicted molar refractivity (Wildman–Crippen MR) is 62.2 cm³/mol. The second kappa shape index (κ2) is 5.42. The molecule has 1 heterocycles. The molecule has 0 saturated carbocycles. The van der Waals surface area contributed by atoms with Crippen LogP contribution in [0, 0.1) is 5.92 Å². The van der Waals surface area contributed by atoms with Gasteiger partial charge in [0.2, 0.25) is 0 Å². The monoisotopic (exact) mass is 232 g/mol. The molecule has 1 aromatic rings. The molecule has 0 atom stereocenters. The fraction of sp³-hybridized carbons (Fsp3) is 0.500. The summed E-state index contributed by atoms with van der Waals surface area (Å²) in [4.78, 5) is 4.10. The Morgan fingerprint density at radius 3 is 2.71 bits per heavy atom. The van der Waals surface area contributed by atoms with Crippen molar-refractivity contribution in [2.75, 3.05) is 11.9 Å². The van der Waals surface area contributed by atoms with Gasteiger partial charge in [0, 0.05) is 12.7 Å². The first-order valence-corrected chi connectivity index (χ1v) is 5.40. The Hall–Kier alpha value is -0.470. The average Bonchev–Trinajstić information content (AvgIpc) is 2.08. The van der Waals surface area contributed by atoms with Crippen LogP contribution in [0.2, 0.25) is 10.0 Å². The summed E-state index contributed by atoms with van der Waals surface area (Å²) in [7, 11) is 0. The van der Waals surface area contributed by atoms with Crippen LogP contribution in [-0.4, -0.2) is 11.5 Å². The van der Waals surface area contributed by atoms with Crippen LogP contribution < -0.4 is 5.32 Å². The summed E-state index contributed by atoms with van der Waals surface area (Å²) in [6.45, 7) is 5.24. The number of pyridine rings is 1. The van der Waals surface area contributed by atoms with E-state index in [9.17, 15) is 0 Å². The Labute approximate surface area is 94.6 Å². The minimum Gasteiger partial charge on any atom is -0.369 e. The summed E-state index contributed by atoms with van der Waals surface area (Å²) >= 11 is 11.7. The number of rotatable bonds is 4. The molecule has 14 heavy (non-hydrogen) atoms. The fourth-order valence-electron chi connectivity index (χ4n) is 1.02. The number of hydrogen-bond acceptors (Lipinski definition) is 2. The topological polar surface area (TPSA) is 24.9 Å². The van der Waals surface area contributed by atoms with Gasteiger partial charge < -0.3 is 5.32 Å². The van der Waals surface area contributed by atoms with E-state index in [4.69, 9.17) is 23.2 Å². The van der Waals surface area contributed by atoms with Crippen molar-refractivity contribution in [2.24, 2.45) is 5.92 Å². The van der Waals surface area contributed by atoms with Crippen molar-refractivity contribution in [3.63, 3.8) is 0 Å². The first-order valence-electron chi connectivity index (χ1n) is 4.64. The van der Waals surface area contributed by atoms with Crippen LogP contribution in [0.5, 0.6) is 0 Å². The van der Waals surface area contributed by atoms with Gasteiger partial charge in [0.15, 0.2) is 0 Å². The summed E-state index contributed by atoms with van der Waals surface area (Å²) in [5.74, 6) is 1.38. The number of anilines is 1. The Morgan fingerprint density at radius 2 is 2.14 bits per heavy atom. The number of halogens is 2. The highest BCUT2D eigenvalue weighted by molar-refractivity contribution is 6.35. The molecule has 0 aliphatic carbocycles. The van der Waals surface area contributed by atoms with Crippen LogP contribution in [0.3, 0.4) is 0 Å². The first-order chi connectivity index (χ1) is 6.59. The van der Waals surface area contributed by atoms with Crippen molar-refractivity contribution >= 4 is 29.0 Å². The van der Waals surface area contributed by atoms with Gasteiger partial charge in [-0.3, -0.25) is 0 Å². The zero-order chi connectivity index (χ0) is 10.6. The highest BCUT2D eigenvalue weighted by Crippen LogP contribution is 2.22. The zero-order valence-electron chi connectivity index (χ0n) is 8.35. The van der Waals surface area contributed by atoms with E-state index in [-0.39, 0.29) is 0 Å². The maximum absolute atomic E-state index is 5.94. The minimum atomic E-state index is 0.560. The molecule has 0 spiro atoms. The molecule has 0 unspecified atom stereocenters. The summed E-state index contributed by atoms with van der Waals surface area (Å²) in [5.41, 5.74) is 0. The van der Waals surface area contributed by atoms with Crippen molar-refractivity contribution in [3.05, 3.63) is 22.3 Å². The van der Waals surface area contributed by atoms with Gasteiger partial charge in [0.25, 0.3) is 0 Å².